The molecular formula is C9H11ClN2O2. The first kappa shape index (κ1) is 10.9. The van der Waals surface area contributed by atoms with Gasteiger partial charge in [-0.2, -0.15) is 0 Å². The van der Waals surface area contributed by atoms with E-state index in [1.807, 2.05) is 14.0 Å². The molecule has 1 rings (SSSR count). The van der Waals surface area contributed by atoms with Crippen molar-refractivity contribution in [2.24, 2.45) is 0 Å². The second-order valence-corrected chi connectivity index (χ2v) is 3.38. The molecule has 1 aromatic rings. The van der Waals surface area contributed by atoms with E-state index in [-0.39, 0.29) is 11.7 Å². The standard InChI is InChI=1S/C9H11ClN2O2/c1-6(11-2)8-4-3-7(12(13)14)5-9(8)10/h3-6,11H,1-2H3. The van der Waals surface area contributed by atoms with Gasteiger partial charge in [-0.1, -0.05) is 11.6 Å². The van der Waals surface area contributed by atoms with Gasteiger partial charge in [-0.25, -0.2) is 0 Å². The summed E-state index contributed by atoms with van der Waals surface area (Å²) in [4.78, 5) is 9.98. The molecule has 0 bridgehead atoms. The number of benzene rings is 1. The van der Waals surface area contributed by atoms with E-state index in [1.54, 1.807) is 6.07 Å². The van der Waals surface area contributed by atoms with Crippen LogP contribution in [0.5, 0.6) is 0 Å². The van der Waals surface area contributed by atoms with E-state index in [2.05, 4.69) is 5.32 Å². The second-order valence-electron chi connectivity index (χ2n) is 2.97. The lowest BCUT2D eigenvalue weighted by atomic mass is 10.1. The third kappa shape index (κ3) is 2.21. The Morgan fingerprint density at radius 3 is 2.64 bits per heavy atom. The van der Waals surface area contributed by atoms with Crippen LogP contribution in [0.1, 0.15) is 18.5 Å². The third-order valence-electron chi connectivity index (χ3n) is 2.09. The van der Waals surface area contributed by atoms with Gasteiger partial charge in [-0.15, -0.1) is 0 Å². The van der Waals surface area contributed by atoms with Gasteiger partial charge in [0.2, 0.25) is 0 Å². The molecule has 1 unspecified atom stereocenters. The van der Waals surface area contributed by atoms with Crippen LogP contribution in [0.4, 0.5) is 5.69 Å². The number of hydrogen-bond acceptors (Lipinski definition) is 3. The molecule has 1 N–H and O–H groups in total. The SMILES string of the molecule is CNC(C)c1ccc([N+](=O)[O-])cc1Cl. The van der Waals surface area contributed by atoms with Crippen molar-refractivity contribution in [2.75, 3.05) is 7.05 Å². The van der Waals surface area contributed by atoms with Gasteiger partial charge in [-0.05, 0) is 25.6 Å². The van der Waals surface area contributed by atoms with Gasteiger partial charge in [0.05, 0.1) is 9.95 Å². The smallest absolute Gasteiger partial charge is 0.270 e. The fraction of sp³-hybridized carbons (Fsp3) is 0.333. The van der Waals surface area contributed by atoms with E-state index in [9.17, 15) is 10.1 Å². The Morgan fingerprint density at radius 2 is 2.21 bits per heavy atom. The quantitative estimate of drug-likeness (QED) is 0.622. The van der Waals surface area contributed by atoms with E-state index in [0.717, 1.165) is 5.56 Å². The molecule has 0 aliphatic rings. The molecule has 0 radical (unpaired) electrons. The van der Waals surface area contributed by atoms with Crippen LogP contribution >= 0.6 is 11.6 Å². The Bertz CT molecular complexity index is 355. The minimum atomic E-state index is -0.459. The lowest BCUT2D eigenvalue weighted by molar-refractivity contribution is -0.384. The van der Waals surface area contributed by atoms with Crippen LogP contribution in [-0.4, -0.2) is 12.0 Å². The van der Waals surface area contributed by atoms with Gasteiger partial charge in [-0.3, -0.25) is 10.1 Å². The predicted octanol–water partition coefficient (Wildman–Crippen LogP) is 2.53. The molecule has 0 aliphatic heterocycles. The highest BCUT2D eigenvalue weighted by molar-refractivity contribution is 6.31. The highest BCUT2D eigenvalue weighted by Crippen LogP contribution is 2.26. The summed E-state index contributed by atoms with van der Waals surface area (Å²) in [6.07, 6.45) is 0. The zero-order valence-electron chi connectivity index (χ0n) is 7.95. The molecule has 0 amide bonds. The largest absolute Gasteiger partial charge is 0.313 e. The van der Waals surface area contributed by atoms with Crippen LogP contribution in [0, 0.1) is 10.1 Å². The average molecular weight is 215 g/mol. The monoisotopic (exact) mass is 214 g/mol. The van der Waals surface area contributed by atoms with Gasteiger partial charge in [0.1, 0.15) is 0 Å². The second kappa shape index (κ2) is 4.39. The first-order chi connectivity index (χ1) is 6.56. The molecule has 1 aromatic carbocycles. The molecule has 4 nitrogen and oxygen atoms in total. The van der Waals surface area contributed by atoms with E-state index in [4.69, 9.17) is 11.6 Å². The van der Waals surface area contributed by atoms with Crippen LogP contribution < -0.4 is 5.32 Å². The summed E-state index contributed by atoms with van der Waals surface area (Å²) in [5.74, 6) is 0. The molecule has 76 valence electrons. The number of nitrogens with one attached hydrogen (secondary N) is 1. The topological polar surface area (TPSA) is 55.2 Å². The van der Waals surface area contributed by atoms with E-state index in [0.29, 0.717) is 5.02 Å². The number of nitrogens with zero attached hydrogens (tertiary/aromatic N) is 1. The van der Waals surface area contributed by atoms with Crippen molar-refractivity contribution in [3.05, 3.63) is 38.9 Å². The molecule has 0 saturated heterocycles. The minimum Gasteiger partial charge on any atom is -0.313 e. The van der Waals surface area contributed by atoms with Crippen molar-refractivity contribution < 1.29 is 4.92 Å². The van der Waals surface area contributed by atoms with Crippen LogP contribution in [0.3, 0.4) is 0 Å². The van der Waals surface area contributed by atoms with Crippen LogP contribution in [0.25, 0.3) is 0 Å². The van der Waals surface area contributed by atoms with Crippen molar-refractivity contribution >= 4 is 17.3 Å². The maximum atomic E-state index is 10.4. The maximum absolute atomic E-state index is 10.4. The lowest BCUT2D eigenvalue weighted by Crippen LogP contribution is -2.12. The van der Waals surface area contributed by atoms with Crippen molar-refractivity contribution in [3.63, 3.8) is 0 Å². The highest BCUT2D eigenvalue weighted by Gasteiger charge is 2.12. The minimum absolute atomic E-state index is 0.0158. The predicted molar refractivity (Wildman–Crippen MR) is 55.6 cm³/mol. The lowest BCUT2D eigenvalue weighted by Gasteiger charge is -2.11. The summed E-state index contributed by atoms with van der Waals surface area (Å²) in [5, 5.41) is 13.9. The number of nitro benzene ring substituents is 1. The van der Waals surface area contributed by atoms with Crippen LogP contribution in [-0.2, 0) is 0 Å². The van der Waals surface area contributed by atoms with Crippen molar-refractivity contribution in [1.82, 2.24) is 5.32 Å². The number of non-ortho nitro benzene ring substituents is 1. The molecule has 14 heavy (non-hydrogen) atoms. The number of hydrogen-bond donors (Lipinski definition) is 1. The number of halogens is 1. The summed E-state index contributed by atoms with van der Waals surface area (Å²) >= 11 is 5.90. The zero-order chi connectivity index (χ0) is 10.7. The summed E-state index contributed by atoms with van der Waals surface area (Å²) in [7, 11) is 1.81. The Kier molecular flexibility index (Phi) is 3.43. The molecule has 1 atom stereocenters. The van der Waals surface area contributed by atoms with Gasteiger partial charge >= 0.3 is 0 Å². The molecule has 0 aromatic heterocycles. The summed E-state index contributed by atoms with van der Waals surface area (Å²) in [6.45, 7) is 1.94. The molecule has 0 saturated carbocycles. The van der Waals surface area contributed by atoms with Crippen LogP contribution in [0.2, 0.25) is 5.02 Å². The normalized spacial score (nSPS) is 12.5. The Hall–Kier alpha value is -1.13. The van der Waals surface area contributed by atoms with Crippen molar-refractivity contribution in [2.45, 2.75) is 13.0 Å². The van der Waals surface area contributed by atoms with Gasteiger partial charge in [0.15, 0.2) is 0 Å². The number of rotatable bonds is 3. The van der Waals surface area contributed by atoms with Gasteiger partial charge < -0.3 is 5.32 Å². The third-order valence-corrected chi connectivity index (χ3v) is 2.42. The van der Waals surface area contributed by atoms with Crippen LogP contribution in [0.15, 0.2) is 18.2 Å². The average Bonchev–Trinajstić information content (AvgIpc) is 2.16. The maximum Gasteiger partial charge on any atom is 0.270 e. The molecule has 0 spiro atoms. The fourth-order valence-electron chi connectivity index (χ4n) is 1.14. The molecule has 5 heteroatoms. The Morgan fingerprint density at radius 1 is 1.57 bits per heavy atom. The summed E-state index contributed by atoms with van der Waals surface area (Å²) < 4.78 is 0. The number of nitro groups is 1. The molecule has 0 heterocycles. The molecular weight excluding hydrogens is 204 g/mol. The Balaban J connectivity index is 3.07. The molecule has 0 aliphatic carbocycles. The highest BCUT2D eigenvalue weighted by atomic mass is 35.5. The summed E-state index contributed by atoms with van der Waals surface area (Å²) in [5.41, 5.74) is 0.877. The van der Waals surface area contributed by atoms with Gasteiger partial charge in [0.25, 0.3) is 5.69 Å². The fourth-order valence-corrected chi connectivity index (χ4v) is 1.47. The van der Waals surface area contributed by atoms with E-state index in [1.165, 1.54) is 12.1 Å². The van der Waals surface area contributed by atoms with E-state index < -0.39 is 4.92 Å². The first-order valence-corrected chi connectivity index (χ1v) is 4.55. The zero-order valence-corrected chi connectivity index (χ0v) is 8.71. The van der Waals surface area contributed by atoms with Crippen molar-refractivity contribution in [1.29, 1.82) is 0 Å². The summed E-state index contributed by atoms with van der Waals surface area (Å²) in [6, 6.07) is 4.57. The van der Waals surface area contributed by atoms with E-state index >= 15 is 0 Å². The van der Waals surface area contributed by atoms with Crippen molar-refractivity contribution in [3.8, 4) is 0 Å². The Labute approximate surface area is 87.0 Å². The first-order valence-electron chi connectivity index (χ1n) is 4.17. The molecule has 0 fully saturated rings. The van der Waals surface area contributed by atoms with Gasteiger partial charge in [0, 0.05) is 18.2 Å².